The van der Waals surface area contributed by atoms with E-state index < -0.39 is 0 Å². The lowest BCUT2D eigenvalue weighted by molar-refractivity contribution is 0.101. The zero-order valence-electron chi connectivity index (χ0n) is 10.6. The fourth-order valence-electron chi connectivity index (χ4n) is 2.39. The maximum Gasteiger partial charge on any atom is 0.161 e. The van der Waals surface area contributed by atoms with Gasteiger partial charge in [0.1, 0.15) is 0 Å². The maximum atomic E-state index is 11.5. The summed E-state index contributed by atoms with van der Waals surface area (Å²) in [6, 6.07) is 6.07. The standard InChI is InChI=1S/C14H20N2O/c1-11(17)13-7-6-12(10-14(13)15-2)16-8-4-3-5-9-16/h6-7,10,15H,3-5,8-9H2,1-2H3. The van der Waals surface area contributed by atoms with Crippen LogP contribution >= 0.6 is 0 Å². The Kier molecular flexibility index (Phi) is 3.67. The molecule has 0 aromatic heterocycles. The average Bonchev–Trinajstić information content (AvgIpc) is 2.39. The highest BCUT2D eigenvalue weighted by molar-refractivity contribution is 6.00. The zero-order chi connectivity index (χ0) is 12.3. The smallest absolute Gasteiger partial charge is 0.161 e. The molecule has 1 aliphatic rings. The molecule has 92 valence electrons. The Morgan fingerprint density at radius 2 is 1.94 bits per heavy atom. The van der Waals surface area contributed by atoms with Gasteiger partial charge in [-0.15, -0.1) is 0 Å². The van der Waals surface area contributed by atoms with E-state index in [-0.39, 0.29) is 5.78 Å². The SMILES string of the molecule is CNc1cc(N2CCCCC2)ccc1C(C)=O. The number of Topliss-reactive ketones (excluding diaryl/α,β-unsaturated/α-hetero) is 1. The third kappa shape index (κ3) is 2.60. The Bertz CT molecular complexity index is 409. The van der Waals surface area contributed by atoms with Crippen LogP contribution in [0.15, 0.2) is 18.2 Å². The van der Waals surface area contributed by atoms with Crippen LogP contribution in [0.25, 0.3) is 0 Å². The Labute approximate surface area is 103 Å². The quantitative estimate of drug-likeness (QED) is 0.813. The van der Waals surface area contributed by atoms with Gasteiger partial charge >= 0.3 is 0 Å². The monoisotopic (exact) mass is 232 g/mol. The van der Waals surface area contributed by atoms with Crippen LogP contribution in [-0.4, -0.2) is 25.9 Å². The van der Waals surface area contributed by atoms with E-state index in [1.54, 1.807) is 6.92 Å². The van der Waals surface area contributed by atoms with E-state index in [1.165, 1.54) is 24.9 Å². The largest absolute Gasteiger partial charge is 0.387 e. The summed E-state index contributed by atoms with van der Waals surface area (Å²) in [4.78, 5) is 13.9. The number of nitrogens with one attached hydrogen (secondary N) is 1. The van der Waals surface area contributed by atoms with Crippen molar-refractivity contribution >= 4 is 17.2 Å². The van der Waals surface area contributed by atoms with Gasteiger partial charge in [0.25, 0.3) is 0 Å². The van der Waals surface area contributed by atoms with Gasteiger partial charge in [-0.3, -0.25) is 4.79 Å². The fourth-order valence-corrected chi connectivity index (χ4v) is 2.39. The number of rotatable bonds is 3. The second-order valence-electron chi connectivity index (χ2n) is 4.58. The summed E-state index contributed by atoms with van der Waals surface area (Å²) in [6.45, 7) is 3.86. The Hall–Kier alpha value is -1.51. The van der Waals surface area contributed by atoms with Crippen LogP contribution in [0.5, 0.6) is 0 Å². The highest BCUT2D eigenvalue weighted by Gasteiger charge is 2.13. The number of carbonyl (C=O) groups excluding carboxylic acids is 1. The lowest BCUT2D eigenvalue weighted by atomic mass is 10.1. The van der Waals surface area contributed by atoms with Crippen molar-refractivity contribution in [2.24, 2.45) is 0 Å². The Balaban J connectivity index is 2.27. The molecule has 1 aromatic carbocycles. The summed E-state index contributed by atoms with van der Waals surface area (Å²) >= 11 is 0. The van der Waals surface area contributed by atoms with Crippen molar-refractivity contribution in [1.29, 1.82) is 0 Å². The second-order valence-corrected chi connectivity index (χ2v) is 4.58. The molecule has 3 nitrogen and oxygen atoms in total. The molecule has 1 heterocycles. The first kappa shape index (κ1) is 12.0. The summed E-state index contributed by atoms with van der Waals surface area (Å²) in [7, 11) is 1.86. The van der Waals surface area contributed by atoms with Crippen molar-refractivity contribution in [3.8, 4) is 0 Å². The minimum absolute atomic E-state index is 0.111. The predicted molar refractivity (Wildman–Crippen MR) is 72.1 cm³/mol. The van der Waals surface area contributed by atoms with Gasteiger partial charge in [0.05, 0.1) is 0 Å². The first-order valence-electron chi connectivity index (χ1n) is 6.30. The molecule has 0 bridgehead atoms. The summed E-state index contributed by atoms with van der Waals surface area (Å²) in [5, 5.41) is 3.11. The zero-order valence-corrected chi connectivity index (χ0v) is 10.6. The average molecular weight is 232 g/mol. The highest BCUT2D eigenvalue weighted by atomic mass is 16.1. The van der Waals surface area contributed by atoms with Crippen LogP contribution in [0.4, 0.5) is 11.4 Å². The van der Waals surface area contributed by atoms with Gasteiger partial charge in [-0.2, -0.15) is 0 Å². The van der Waals surface area contributed by atoms with Crippen molar-refractivity contribution in [3.63, 3.8) is 0 Å². The summed E-state index contributed by atoms with van der Waals surface area (Å²) in [5.41, 5.74) is 2.92. The van der Waals surface area contributed by atoms with Crippen molar-refractivity contribution in [3.05, 3.63) is 23.8 Å². The van der Waals surface area contributed by atoms with E-state index >= 15 is 0 Å². The van der Waals surface area contributed by atoms with E-state index in [4.69, 9.17) is 0 Å². The Morgan fingerprint density at radius 3 is 2.53 bits per heavy atom. The predicted octanol–water partition coefficient (Wildman–Crippen LogP) is 2.92. The molecule has 0 saturated carbocycles. The van der Waals surface area contributed by atoms with E-state index in [0.717, 1.165) is 24.3 Å². The minimum Gasteiger partial charge on any atom is -0.387 e. The van der Waals surface area contributed by atoms with Gasteiger partial charge in [-0.1, -0.05) is 0 Å². The van der Waals surface area contributed by atoms with E-state index in [0.29, 0.717) is 0 Å². The number of hydrogen-bond donors (Lipinski definition) is 1. The lowest BCUT2D eigenvalue weighted by Crippen LogP contribution is -2.29. The maximum absolute atomic E-state index is 11.5. The molecule has 3 heteroatoms. The van der Waals surface area contributed by atoms with Crippen LogP contribution in [0.1, 0.15) is 36.5 Å². The molecule has 0 spiro atoms. The number of piperidine rings is 1. The van der Waals surface area contributed by atoms with Gasteiger partial charge in [0.15, 0.2) is 5.78 Å². The Morgan fingerprint density at radius 1 is 1.24 bits per heavy atom. The number of anilines is 2. The van der Waals surface area contributed by atoms with E-state index in [2.05, 4.69) is 22.3 Å². The summed E-state index contributed by atoms with van der Waals surface area (Å²) in [5.74, 6) is 0.111. The molecular formula is C14H20N2O. The van der Waals surface area contributed by atoms with Crippen LogP contribution in [-0.2, 0) is 0 Å². The van der Waals surface area contributed by atoms with E-state index in [9.17, 15) is 4.79 Å². The first-order valence-corrected chi connectivity index (χ1v) is 6.30. The lowest BCUT2D eigenvalue weighted by Gasteiger charge is -2.29. The molecule has 1 saturated heterocycles. The minimum atomic E-state index is 0.111. The summed E-state index contributed by atoms with van der Waals surface area (Å²) in [6.07, 6.45) is 3.87. The topological polar surface area (TPSA) is 32.3 Å². The molecular weight excluding hydrogens is 212 g/mol. The van der Waals surface area contributed by atoms with Crippen LogP contribution < -0.4 is 10.2 Å². The molecule has 2 rings (SSSR count). The highest BCUT2D eigenvalue weighted by Crippen LogP contribution is 2.26. The summed E-state index contributed by atoms with van der Waals surface area (Å²) < 4.78 is 0. The first-order chi connectivity index (χ1) is 8.22. The third-order valence-electron chi connectivity index (χ3n) is 3.37. The van der Waals surface area contributed by atoms with Gasteiger partial charge in [0.2, 0.25) is 0 Å². The van der Waals surface area contributed by atoms with Crippen LogP contribution in [0, 0.1) is 0 Å². The van der Waals surface area contributed by atoms with Gasteiger partial charge in [-0.05, 0) is 44.4 Å². The number of hydrogen-bond acceptors (Lipinski definition) is 3. The van der Waals surface area contributed by atoms with Crippen LogP contribution in [0.2, 0.25) is 0 Å². The van der Waals surface area contributed by atoms with Crippen LogP contribution in [0.3, 0.4) is 0 Å². The number of benzene rings is 1. The molecule has 0 amide bonds. The number of nitrogens with zero attached hydrogens (tertiary/aromatic N) is 1. The van der Waals surface area contributed by atoms with Crippen molar-refractivity contribution in [2.75, 3.05) is 30.4 Å². The molecule has 1 N–H and O–H groups in total. The second kappa shape index (κ2) is 5.21. The number of carbonyl (C=O) groups is 1. The third-order valence-corrected chi connectivity index (χ3v) is 3.37. The van der Waals surface area contributed by atoms with Crippen molar-refractivity contribution in [1.82, 2.24) is 0 Å². The van der Waals surface area contributed by atoms with Crippen molar-refractivity contribution in [2.45, 2.75) is 26.2 Å². The molecule has 1 aromatic rings. The van der Waals surface area contributed by atoms with Gasteiger partial charge in [-0.25, -0.2) is 0 Å². The molecule has 0 aliphatic carbocycles. The normalized spacial score (nSPS) is 15.8. The molecule has 17 heavy (non-hydrogen) atoms. The van der Waals surface area contributed by atoms with Gasteiger partial charge < -0.3 is 10.2 Å². The fraction of sp³-hybridized carbons (Fsp3) is 0.500. The van der Waals surface area contributed by atoms with Crippen molar-refractivity contribution < 1.29 is 4.79 Å². The molecule has 0 atom stereocenters. The molecule has 0 radical (unpaired) electrons. The molecule has 0 unspecified atom stereocenters. The molecule has 1 fully saturated rings. The van der Waals surface area contributed by atoms with E-state index in [1.807, 2.05) is 13.1 Å². The molecule has 1 aliphatic heterocycles. The number of ketones is 1. The van der Waals surface area contributed by atoms with Gasteiger partial charge in [0, 0.05) is 37.1 Å².